The monoisotopic (exact) mass is 303 g/mol. The average Bonchev–Trinajstić information content (AvgIpc) is 2.56. The fourth-order valence-corrected chi connectivity index (χ4v) is 2.98. The molecule has 0 aromatic carbocycles. The maximum Gasteiger partial charge on any atom is 0.150 e. The maximum absolute atomic E-state index is 6.17. The van der Waals surface area contributed by atoms with Crippen molar-refractivity contribution in [2.24, 2.45) is 0 Å². The minimum atomic E-state index is 0.497. The molecule has 0 radical (unpaired) electrons. The van der Waals surface area contributed by atoms with Crippen molar-refractivity contribution in [3.63, 3.8) is 0 Å². The van der Waals surface area contributed by atoms with E-state index >= 15 is 0 Å². The van der Waals surface area contributed by atoms with Gasteiger partial charge in [0, 0.05) is 32.4 Å². The molecule has 6 heteroatoms. The minimum absolute atomic E-state index is 0.497. The van der Waals surface area contributed by atoms with Gasteiger partial charge in [-0.15, -0.1) is 0 Å². The topological polar surface area (TPSA) is 45.2 Å². The molecule has 3 heterocycles. The van der Waals surface area contributed by atoms with Crippen molar-refractivity contribution in [3.8, 4) is 0 Å². The zero-order chi connectivity index (χ0) is 14.7. The van der Waals surface area contributed by atoms with Gasteiger partial charge >= 0.3 is 0 Å². The van der Waals surface area contributed by atoms with Crippen LogP contribution in [0.2, 0.25) is 5.02 Å². The van der Waals surface area contributed by atoms with Gasteiger partial charge in [-0.1, -0.05) is 17.7 Å². The summed E-state index contributed by atoms with van der Waals surface area (Å²) in [6.45, 7) is 1.89. The quantitative estimate of drug-likeness (QED) is 0.872. The highest BCUT2D eigenvalue weighted by Gasteiger charge is 2.24. The van der Waals surface area contributed by atoms with Gasteiger partial charge in [-0.05, 0) is 25.0 Å². The smallest absolute Gasteiger partial charge is 0.150 e. The Balaban J connectivity index is 1.64. The summed E-state index contributed by atoms with van der Waals surface area (Å²) >= 11 is 6.17. The van der Waals surface area contributed by atoms with Gasteiger partial charge in [-0.25, -0.2) is 15.0 Å². The lowest BCUT2D eigenvalue weighted by Crippen LogP contribution is -2.44. The third-order valence-electron chi connectivity index (χ3n) is 3.97. The van der Waals surface area contributed by atoms with Gasteiger partial charge in [-0.3, -0.25) is 0 Å². The standard InChI is InChI=1S/C15H18ClN5/c1-20(14-4-2-3-7-18-14)12-5-8-21(9-6-12)15-13(16)10-17-11-19-15/h2-4,7,10-12H,5-6,8-9H2,1H3. The van der Waals surface area contributed by atoms with E-state index in [1.807, 2.05) is 24.4 Å². The lowest BCUT2D eigenvalue weighted by molar-refractivity contribution is 0.478. The molecule has 0 bridgehead atoms. The van der Waals surface area contributed by atoms with Gasteiger partial charge in [0.15, 0.2) is 5.82 Å². The molecule has 0 atom stereocenters. The highest BCUT2D eigenvalue weighted by molar-refractivity contribution is 6.32. The van der Waals surface area contributed by atoms with Crippen LogP contribution in [0, 0.1) is 0 Å². The second kappa shape index (κ2) is 6.26. The molecular weight excluding hydrogens is 286 g/mol. The molecule has 1 aliphatic heterocycles. The molecule has 0 spiro atoms. The number of nitrogens with zero attached hydrogens (tertiary/aromatic N) is 5. The minimum Gasteiger partial charge on any atom is -0.357 e. The van der Waals surface area contributed by atoms with Crippen LogP contribution >= 0.6 is 11.6 Å². The van der Waals surface area contributed by atoms with Crippen LogP contribution in [0.25, 0.3) is 0 Å². The summed E-state index contributed by atoms with van der Waals surface area (Å²) < 4.78 is 0. The first-order valence-corrected chi connectivity index (χ1v) is 7.48. The van der Waals surface area contributed by atoms with Crippen molar-refractivity contribution < 1.29 is 0 Å². The van der Waals surface area contributed by atoms with Crippen LogP contribution in [-0.2, 0) is 0 Å². The largest absolute Gasteiger partial charge is 0.357 e. The molecule has 3 rings (SSSR count). The second-order valence-electron chi connectivity index (χ2n) is 5.21. The summed E-state index contributed by atoms with van der Waals surface area (Å²) in [6.07, 6.45) is 7.16. The summed E-state index contributed by atoms with van der Waals surface area (Å²) in [5, 5.41) is 0.619. The number of aromatic nitrogens is 3. The first-order chi connectivity index (χ1) is 10.3. The number of hydrogen-bond donors (Lipinski definition) is 0. The summed E-state index contributed by atoms with van der Waals surface area (Å²) in [4.78, 5) is 17.1. The summed E-state index contributed by atoms with van der Waals surface area (Å²) in [5.41, 5.74) is 0. The summed E-state index contributed by atoms with van der Waals surface area (Å²) in [6, 6.07) is 6.51. The van der Waals surface area contributed by atoms with Gasteiger partial charge in [0.25, 0.3) is 0 Å². The number of halogens is 1. The van der Waals surface area contributed by atoms with E-state index in [1.54, 1.807) is 12.5 Å². The van der Waals surface area contributed by atoms with Crippen molar-refractivity contribution >= 4 is 23.2 Å². The molecule has 1 saturated heterocycles. The molecule has 2 aromatic rings. The van der Waals surface area contributed by atoms with Crippen molar-refractivity contribution in [2.45, 2.75) is 18.9 Å². The van der Waals surface area contributed by atoms with E-state index in [1.165, 1.54) is 0 Å². The Morgan fingerprint density at radius 1 is 1.24 bits per heavy atom. The van der Waals surface area contributed by atoms with Crippen molar-refractivity contribution in [1.29, 1.82) is 0 Å². The zero-order valence-corrected chi connectivity index (χ0v) is 12.7. The van der Waals surface area contributed by atoms with Crippen LogP contribution in [0.15, 0.2) is 36.9 Å². The molecule has 0 N–H and O–H groups in total. The Morgan fingerprint density at radius 2 is 2.05 bits per heavy atom. The van der Waals surface area contributed by atoms with E-state index < -0.39 is 0 Å². The predicted octanol–water partition coefficient (Wildman–Crippen LogP) is 2.63. The lowest BCUT2D eigenvalue weighted by Gasteiger charge is -2.37. The third kappa shape index (κ3) is 3.08. The van der Waals surface area contributed by atoms with E-state index in [-0.39, 0.29) is 0 Å². The fraction of sp³-hybridized carbons (Fsp3) is 0.400. The van der Waals surface area contributed by atoms with Crippen LogP contribution in [0.4, 0.5) is 11.6 Å². The van der Waals surface area contributed by atoms with Gasteiger partial charge in [0.2, 0.25) is 0 Å². The molecule has 5 nitrogen and oxygen atoms in total. The number of pyridine rings is 1. The molecule has 1 aliphatic rings. The van der Waals surface area contributed by atoms with Crippen LogP contribution in [0.3, 0.4) is 0 Å². The van der Waals surface area contributed by atoms with Gasteiger partial charge in [0.05, 0.1) is 6.20 Å². The predicted molar refractivity (Wildman–Crippen MR) is 84.9 cm³/mol. The van der Waals surface area contributed by atoms with Gasteiger partial charge < -0.3 is 9.80 Å². The molecule has 1 fully saturated rings. The van der Waals surface area contributed by atoms with E-state index in [4.69, 9.17) is 11.6 Å². The Morgan fingerprint density at radius 3 is 2.71 bits per heavy atom. The van der Waals surface area contributed by atoms with E-state index in [9.17, 15) is 0 Å². The summed E-state index contributed by atoms with van der Waals surface area (Å²) in [5.74, 6) is 1.86. The average molecular weight is 304 g/mol. The second-order valence-corrected chi connectivity index (χ2v) is 5.62. The summed E-state index contributed by atoms with van der Waals surface area (Å²) in [7, 11) is 2.11. The molecule has 0 saturated carbocycles. The van der Waals surface area contributed by atoms with Crippen LogP contribution < -0.4 is 9.80 Å². The van der Waals surface area contributed by atoms with Crippen LogP contribution in [-0.4, -0.2) is 41.1 Å². The SMILES string of the molecule is CN(c1ccccn1)C1CCN(c2ncncc2Cl)CC1. The molecule has 0 unspecified atom stereocenters. The highest BCUT2D eigenvalue weighted by Crippen LogP contribution is 2.27. The third-order valence-corrected chi connectivity index (χ3v) is 4.24. The Bertz CT molecular complexity index is 584. The molecule has 0 amide bonds. The van der Waals surface area contributed by atoms with Gasteiger partial charge in [0.1, 0.15) is 17.2 Å². The number of anilines is 2. The molecule has 110 valence electrons. The first-order valence-electron chi connectivity index (χ1n) is 7.10. The first kappa shape index (κ1) is 14.1. The zero-order valence-electron chi connectivity index (χ0n) is 12.0. The fourth-order valence-electron chi connectivity index (χ4n) is 2.75. The normalized spacial score (nSPS) is 16.0. The number of hydrogen-bond acceptors (Lipinski definition) is 5. The van der Waals surface area contributed by atoms with Crippen molar-refractivity contribution in [2.75, 3.05) is 29.9 Å². The number of piperidine rings is 1. The van der Waals surface area contributed by atoms with E-state index in [0.717, 1.165) is 37.6 Å². The van der Waals surface area contributed by atoms with Crippen LogP contribution in [0.1, 0.15) is 12.8 Å². The van der Waals surface area contributed by atoms with Gasteiger partial charge in [-0.2, -0.15) is 0 Å². The van der Waals surface area contributed by atoms with E-state index in [0.29, 0.717) is 11.1 Å². The molecular formula is C15H18ClN5. The van der Waals surface area contributed by atoms with E-state index in [2.05, 4.69) is 31.8 Å². The Hall–Kier alpha value is -1.88. The van der Waals surface area contributed by atoms with Crippen LogP contribution in [0.5, 0.6) is 0 Å². The van der Waals surface area contributed by atoms with Crippen molar-refractivity contribution in [3.05, 3.63) is 41.9 Å². The highest BCUT2D eigenvalue weighted by atomic mass is 35.5. The Kier molecular flexibility index (Phi) is 4.20. The molecule has 2 aromatic heterocycles. The molecule has 0 aliphatic carbocycles. The number of rotatable bonds is 3. The van der Waals surface area contributed by atoms with Crippen molar-refractivity contribution in [1.82, 2.24) is 15.0 Å². The maximum atomic E-state index is 6.17. The molecule has 21 heavy (non-hydrogen) atoms. The lowest BCUT2D eigenvalue weighted by atomic mass is 10.0. The Labute approximate surface area is 129 Å².